The molecule has 6 nitrogen and oxygen atoms in total. The predicted molar refractivity (Wildman–Crippen MR) is 115 cm³/mol. The molecule has 0 spiro atoms. The lowest BCUT2D eigenvalue weighted by molar-refractivity contribution is -0.157. The van der Waals surface area contributed by atoms with Crippen LogP contribution in [0, 0.1) is 0 Å². The first kappa shape index (κ1) is 23.3. The molecular formula is C24H31NO5. The van der Waals surface area contributed by atoms with Crippen molar-refractivity contribution in [2.45, 2.75) is 52.2 Å². The minimum Gasteiger partial charge on any atom is -0.482 e. The van der Waals surface area contributed by atoms with E-state index in [4.69, 9.17) is 14.2 Å². The van der Waals surface area contributed by atoms with Crippen LogP contribution in [0.25, 0.3) is 0 Å². The van der Waals surface area contributed by atoms with Crippen molar-refractivity contribution in [3.05, 3.63) is 65.7 Å². The first-order valence-corrected chi connectivity index (χ1v) is 10.2. The van der Waals surface area contributed by atoms with Gasteiger partial charge in [-0.05, 0) is 63.3 Å². The summed E-state index contributed by atoms with van der Waals surface area (Å²) in [5.41, 5.74) is 1.62. The van der Waals surface area contributed by atoms with Gasteiger partial charge in [-0.3, -0.25) is 0 Å². The topological polar surface area (TPSA) is 73.9 Å². The summed E-state index contributed by atoms with van der Waals surface area (Å²) in [4.78, 5) is 23.4. The van der Waals surface area contributed by atoms with Crippen molar-refractivity contribution in [3.63, 3.8) is 0 Å². The Kier molecular flexibility index (Phi) is 9.19. The summed E-state index contributed by atoms with van der Waals surface area (Å²) in [5.74, 6) is 0.244. The number of carbonyl (C=O) groups excluding carboxylic acids is 2. The maximum Gasteiger partial charge on any atom is 0.407 e. The molecular weight excluding hydrogens is 382 g/mol. The number of benzene rings is 2. The van der Waals surface area contributed by atoms with E-state index in [1.54, 1.807) is 0 Å². The van der Waals surface area contributed by atoms with Gasteiger partial charge < -0.3 is 19.5 Å². The van der Waals surface area contributed by atoms with Crippen LogP contribution in [-0.4, -0.2) is 30.8 Å². The SMILES string of the molecule is CC(C)(C)OC(=O)COc1ccc(CCCCNC(=O)OCc2ccccc2)cc1. The minimum absolute atomic E-state index is 0.108. The maximum atomic E-state index is 11.7. The number of hydrogen-bond acceptors (Lipinski definition) is 5. The fourth-order valence-corrected chi connectivity index (χ4v) is 2.68. The van der Waals surface area contributed by atoms with Crippen LogP contribution in [0.4, 0.5) is 4.79 Å². The van der Waals surface area contributed by atoms with Gasteiger partial charge in [-0.1, -0.05) is 42.5 Å². The summed E-state index contributed by atoms with van der Waals surface area (Å²) in [6, 6.07) is 17.2. The van der Waals surface area contributed by atoms with Crippen molar-refractivity contribution in [3.8, 4) is 5.75 Å². The Balaban J connectivity index is 1.57. The number of rotatable bonds is 10. The number of aryl methyl sites for hydroxylation is 1. The summed E-state index contributed by atoms with van der Waals surface area (Å²) in [6.07, 6.45) is 2.30. The number of carbonyl (C=O) groups is 2. The van der Waals surface area contributed by atoms with Crippen LogP contribution >= 0.6 is 0 Å². The average Bonchev–Trinajstić information content (AvgIpc) is 2.71. The van der Waals surface area contributed by atoms with Gasteiger partial charge in [0.05, 0.1) is 0 Å². The van der Waals surface area contributed by atoms with Gasteiger partial charge in [0.15, 0.2) is 6.61 Å². The highest BCUT2D eigenvalue weighted by molar-refractivity contribution is 5.71. The Hall–Kier alpha value is -3.02. The number of unbranched alkanes of at least 4 members (excludes halogenated alkanes) is 1. The van der Waals surface area contributed by atoms with Crippen molar-refractivity contribution in [2.75, 3.05) is 13.2 Å². The third-order valence-corrected chi connectivity index (χ3v) is 4.07. The standard InChI is InChI=1S/C24H31NO5/c1-24(2,3)30-22(26)18-28-21-14-12-19(13-15-21)9-7-8-16-25-23(27)29-17-20-10-5-4-6-11-20/h4-6,10-15H,7-9,16-18H2,1-3H3,(H,25,27). The van der Waals surface area contributed by atoms with Crippen LogP contribution < -0.4 is 10.1 Å². The van der Waals surface area contributed by atoms with Crippen LogP contribution in [0.2, 0.25) is 0 Å². The molecule has 0 aliphatic rings. The highest BCUT2D eigenvalue weighted by atomic mass is 16.6. The summed E-state index contributed by atoms with van der Waals surface area (Å²) in [7, 11) is 0. The highest BCUT2D eigenvalue weighted by Gasteiger charge is 2.16. The van der Waals surface area contributed by atoms with E-state index in [2.05, 4.69) is 5.32 Å². The predicted octanol–water partition coefficient (Wildman–Crippen LogP) is 4.66. The van der Waals surface area contributed by atoms with Gasteiger partial charge in [0.25, 0.3) is 0 Å². The summed E-state index contributed by atoms with van der Waals surface area (Å²) < 4.78 is 15.8. The minimum atomic E-state index is -0.516. The third-order valence-electron chi connectivity index (χ3n) is 4.07. The van der Waals surface area contributed by atoms with Gasteiger partial charge in [0, 0.05) is 6.54 Å². The lowest BCUT2D eigenvalue weighted by Gasteiger charge is -2.19. The Bertz CT molecular complexity index is 781. The molecule has 0 saturated heterocycles. The van der Waals surface area contributed by atoms with E-state index in [1.165, 1.54) is 5.56 Å². The first-order chi connectivity index (χ1) is 14.3. The second-order valence-corrected chi connectivity index (χ2v) is 7.96. The second-order valence-electron chi connectivity index (χ2n) is 7.96. The molecule has 0 unspecified atom stereocenters. The molecule has 162 valence electrons. The van der Waals surface area contributed by atoms with E-state index in [1.807, 2.05) is 75.4 Å². The van der Waals surface area contributed by atoms with Crippen LogP contribution in [-0.2, 0) is 27.3 Å². The zero-order chi connectivity index (χ0) is 21.8. The van der Waals surface area contributed by atoms with Crippen molar-refractivity contribution >= 4 is 12.1 Å². The first-order valence-electron chi connectivity index (χ1n) is 10.2. The lowest BCUT2D eigenvalue weighted by Crippen LogP contribution is -2.27. The molecule has 0 radical (unpaired) electrons. The smallest absolute Gasteiger partial charge is 0.407 e. The maximum absolute atomic E-state index is 11.7. The van der Waals surface area contributed by atoms with E-state index in [0.717, 1.165) is 24.8 Å². The van der Waals surface area contributed by atoms with E-state index < -0.39 is 11.7 Å². The zero-order valence-electron chi connectivity index (χ0n) is 18.0. The Morgan fingerprint density at radius 2 is 1.60 bits per heavy atom. The number of ether oxygens (including phenoxy) is 3. The molecule has 2 rings (SSSR count). The summed E-state index contributed by atoms with van der Waals surface area (Å²) >= 11 is 0. The normalized spacial score (nSPS) is 10.9. The number of alkyl carbamates (subject to hydrolysis) is 1. The van der Waals surface area contributed by atoms with E-state index >= 15 is 0 Å². The van der Waals surface area contributed by atoms with Gasteiger partial charge >= 0.3 is 12.1 Å². The molecule has 2 aromatic carbocycles. The monoisotopic (exact) mass is 413 g/mol. The van der Waals surface area contributed by atoms with E-state index in [0.29, 0.717) is 12.3 Å². The van der Waals surface area contributed by atoms with Crippen LogP contribution in [0.1, 0.15) is 44.7 Å². The molecule has 6 heteroatoms. The van der Waals surface area contributed by atoms with Crippen molar-refractivity contribution in [1.82, 2.24) is 5.32 Å². The largest absolute Gasteiger partial charge is 0.482 e. The van der Waals surface area contributed by atoms with Gasteiger partial charge in [-0.15, -0.1) is 0 Å². The Morgan fingerprint density at radius 3 is 2.27 bits per heavy atom. The fourth-order valence-electron chi connectivity index (χ4n) is 2.68. The molecule has 0 aliphatic heterocycles. The van der Waals surface area contributed by atoms with Gasteiger partial charge in [-0.2, -0.15) is 0 Å². The Labute approximate surface area is 178 Å². The van der Waals surface area contributed by atoms with Gasteiger partial charge in [0.1, 0.15) is 18.0 Å². The molecule has 0 aliphatic carbocycles. The molecule has 1 N–H and O–H groups in total. The van der Waals surface area contributed by atoms with Crippen LogP contribution in [0.15, 0.2) is 54.6 Å². The molecule has 0 aromatic heterocycles. The van der Waals surface area contributed by atoms with Crippen molar-refractivity contribution in [2.24, 2.45) is 0 Å². The van der Waals surface area contributed by atoms with Gasteiger partial charge in [0.2, 0.25) is 0 Å². The average molecular weight is 414 g/mol. The summed E-state index contributed by atoms with van der Waals surface area (Å²) in [6.45, 7) is 6.21. The molecule has 0 fully saturated rings. The number of amides is 1. The Morgan fingerprint density at radius 1 is 0.900 bits per heavy atom. The third kappa shape index (κ3) is 9.96. The summed E-state index contributed by atoms with van der Waals surface area (Å²) in [5, 5.41) is 2.77. The van der Waals surface area contributed by atoms with Gasteiger partial charge in [-0.25, -0.2) is 9.59 Å². The molecule has 0 heterocycles. The molecule has 0 saturated carbocycles. The molecule has 1 amide bonds. The van der Waals surface area contributed by atoms with Crippen molar-refractivity contribution in [1.29, 1.82) is 0 Å². The molecule has 0 bridgehead atoms. The van der Waals surface area contributed by atoms with E-state index in [9.17, 15) is 9.59 Å². The zero-order valence-corrected chi connectivity index (χ0v) is 18.0. The number of nitrogens with one attached hydrogen (secondary N) is 1. The lowest BCUT2D eigenvalue weighted by atomic mass is 10.1. The van der Waals surface area contributed by atoms with E-state index in [-0.39, 0.29) is 19.2 Å². The van der Waals surface area contributed by atoms with Crippen LogP contribution in [0.5, 0.6) is 5.75 Å². The quantitative estimate of drug-likeness (QED) is 0.453. The highest BCUT2D eigenvalue weighted by Crippen LogP contribution is 2.15. The van der Waals surface area contributed by atoms with Crippen molar-refractivity contribution < 1.29 is 23.8 Å². The molecule has 2 aromatic rings. The fraction of sp³-hybridized carbons (Fsp3) is 0.417. The second kappa shape index (κ2) is 11.9. The number of hydrogen-bond donors (Lipinski definition) is 1. The molecule has 30 heavy (non-hydrogen) atoms. The molecule has 0 atom stereocenters. The number of esters is 1. The van der Waals surface area contributed by atoms with Crippen LogP contribution in [0.3, 0.4) is 0 Å².